The van der Waals surface area contributed by atoms with Crippen LogP contribution in [-0.4, -0.2) is 26.5 Å². The van der Waals surface area contributed by atoms with Crippen molar-refractivity contribution in [3.63, 3.8) is 0 Å². The molecule has 0 unspecified atom stereocenters. The van der Waals surface area contributed by atoms with E-state index in [1.165, 1.54) is 28.4 Å². The highest BCUT2D eigenvalue weighted by Crippen LogP contribution is 2.43. The molecular weight excluding hydrogens is 306 g/mol. The average molecular weight is 323 g/mol. The number of rotatable bonds is 2. The second-order valence-electron chi connectivity index (χ2n) is 6.40. The summed E-state index contributed by atoms with van der Waals surface area (Å²) in [6, 6.07) is 2.09. The zero-order valence-electron chi connectivity index (χ0n) is 13.0. The van der Waals surface area contributed by atoms with Gasteiger partial charge in [0.2, 0.25) is 0 Å². The zero-order chi connectivity index (χ0) is 15.4. The van der Waals surface area contributed by atoms with Gasteiger partial charge in [0, 0.05) is 36.2 Å². The molecule has 0 N–H and O–H groups in total. The van der Waals surface area contributed by atoms with Gasteiger partial charge < -0.3 is 4.90 Å². The molecule has 0 bridgehead atoms. The summed E-state index contributed by atoms with van der Waals surface area (Å²) >= 11 is 1.91. The van der Waals surface area contributed by atoms with Crippen molar-refractivity contribution in [3.05, 3.63) is 39.6 Å². The van der Waals surface area contributed by atoms with Crippen LogP contribution in [0.4, 0.5) is 5.82 Å². The molecule has 5 nitrogen and oxygen atoms in total. The van der Waals surface area contributed by atoms with Crippen LogP contribution in [0.15, 0.2) is 18.5 Å². The van der Waals surface area contributed by atoms with Gasteiger partial charge in [0.15, 0.2) is 5.65 Å². The molecule has 3 aromatic heterocycles. The van der Waals surface area contributed by atoms with E-state index in [0.29, 0.717) is 0 Å². The van der Waals surface area contributed by atoms with E-state index >= 15 is 0 Å². The molecule has 3 aromatic rings. The third kappa shape index (κ3) is 2.28. The molecule has 2 aliphatic rings. The maximum Gasteiger partial charge on any atom is 0.180 e. The maximum absolute atomic E-state index is 4.86. The highest BCUT2D eigenvalue weighted by Gasteiger charge is 2.30. The fraction of sp³-hybridized carbons (Fsp3) is 0.412. The smallest absolute Gasteiger partial charge is 0.180 e. The Labute approximate surface area is 138 Å². The topological polar surface area (TPSA) is 54.8 Å². The highest BCUT2D eigenvalue weighted by atomic mass is 32.1. The number of aryl methyl sites for hydroxylation is 1. The van der Waals surface area contributed by atoms with Crippen molar-refractivity contribution in [2.75, 3.05) is 11.4 Å². The van der Waals surface area contributed by atoms with Gasteiger partial charge in [0.05, 0.1) is 17.2 Å². The fourth-order valence-corrected chi connectivity index (χ4v) is 4.51. The Hall–Kier alpha value is -2.08. The van der Waals surface area contributed by atoms with Gasteiger partial charge in [-0.3, -0.25) is 4.98 Å². The van der Waals surface area contributed by atoms with Gasteiger partial charge in [-0.1, -0.05) is 0 Å². The van der Waals surface area contributed by atoms with Crippen LogP contribution in [0, 0.1) is 6.92 Å². The van der Waals surface area contributed by atoms with Crippen LogP contribution in [0.1, 0.15) is 39.9 Å². The Morgan fingerprint density at radius 2 is 2.04 bits per heavy atom. The van der Waals surface area contributed by atoms with Crippen LogP contribution in [-0.2, 0) is 13.0 Å². The molecule has 23 heavy (non-hydrogen) atoms. The second kappa shape index (κ2) is 4.96. The van der Waals surface area contributed by atoms with Crippen molar-refractivity contribution in [2.24, 2.45) is 0 Å². The van der Waals surface area contributed by atoms with Gasteiger partial charge in [0.1, 0.15) is 11.3 Å². The molecule has 5 rings (SSSR count). The van der Waals surface area contributed by atoms with E-state index in [0.717, 1.165) is 48.0 Å². The van der Waals surface area contributed by atoms with E-state index in [1.54, 1.807) is 12.4 Å². The quantitative estimate of drug-likeness (QED) is 0.725. The maximum atomic E-state index is 4.86. The summed E-state index contributed by atoms with van der Waals surface area (Å²) in [5.74, 6) is 1.78. The Morgan fingerprint density at radius 1 is 1.17 bits per heavy atom. The minimum absolute atomic E-state index is 0.724. The first kappa shape index (κ1) is 13.4. The number of hydrogen-bond acceptors (Lipinski definition) is 6. The van der Waals surface area contributed by atoms with E-state index in [9.17, 15) is 0 Å². The standard InChI is InChI=1S/C17H17N5S/c1-10-8-13-15(19-6-5-18-13)21-16(10)22-7-4-12-14(9-22)23-17(20-12)11-2-3-11/h5-6,8,11H,2-4,7,9H2,1H3. The van der Waals surface area contributed by atoms with E-state index in [2.05, 4.69) is 27.9 Å². The van der Waals surface area contributed by atoms with Crippen LogP contribution >= 0.6 is 11.3 Å². The minimum Gasteiger partial charge on any atom is -0.351 e. The second-order valence-corrected chi connectivity index (χ2v) is 7.51. The number of pyridine rings is 1. The molecule has 4 heterocycles. The first-order valence-electron chi connectivity index (χ1n) is 8.10. The average Bonchev–Trinajstić information content (AvgIpc) is 3.33. The highest BCUT2D eigenvalue weighted by molar-refractivity contribution is 7.11. The van der Waals surface area contributed by atoms with E-state index in [1.807, 2.05) is 11.3 Å². The Bertz CT molecular complexity index is 899. The van der Waals surface area contributed by atoms with Crippen molar-refractivity contribution in [2.45, 2.75) is 38.6 Å². The molecule has 116 valence electrons. The molecule has 1 aliphatic carbocycles. The lowest BCUT2D eigenvalue weighted by atomic mass is 10.1. The van der Waals surface area contributed by atoms with Crippen LogP contribution in [0.25, 0.3) is 11.2 Å². The molecule has 0 saturated heterocycles. The normalized spacial score (nSPS) is 17.5. The molecule has 0 aromatic carbocycles. The first-order chi connectivity index (χ1) is 11.3. The molecular formula is C17H17N5S. The Kier molecular flexibility index (Phi) is 2.88. The van der Waals surface area contributed by atoms with Crippen LogP contribution < -0.4 is 4.90 Å². The number of thiazole rings is 1. The lowest BCUT2D eigenvalue weighted by Gasteiger charge is -2.28. The van der Waals surface area contributed by atoms with Gasteiger partial charge >= 0.3 is 0 Å². The number of nitrogens with zero attached hydrogens (tertiary/aromatic N) is 5. The summed E-state index contributed by atoms with van der Waals surface area (Å²) in [4.78, 5) is 22.1. The van der Waals surface area contributed by atoms with Gasteiger partial charge in [-0.2, -0.15) is 0 Å². The fourth-order valence-electron chi connectivity index (χ4n) is 3.21. The largest absolute Gasteiger partial charge is 0.351 e. The lowest BCUT2D eigenvalue weighted by Crippen LogP contribution is -2.31. The van der Waals surface area contributed by atoms with E-state index in [4.69, 9.17) is 9.97 Å². The molecule has 1 aliphatic heterocycles. The number of fused-ring (bicyclic) bond motifs is 2. The van der Waals surface area contributed by atoms with Crippen molar-refractivity contribution in [3.8, 4) is 0 Å². The Morgan fingerprint density at radius 3 is 2.91 bits per heavy atom. The molecule has 0 atom stereocenters. The van der Waals surface area contributed by atoms with E-state index < -0.39 is 0 Å². The van der Waals surface area contributed by atoms with Crippen molar-refractivity contribution in [1.82, 2.24) is 19.9 Å². The number of anilines is 1. The third-order valence-electron chi connectivity index (χ3n) is 4.60. The predicted molar refractivity (Wildman–Crippen MR) is 90.9 cm³/mol. The Balaban J connectivity index is 1.51. The summed E-state index contributed by atoms with van der Waals surface area (Å²) in [7, 11) is 0. The van der Waals surface area contributed by atoms with Gasteiger partial charge in [-0.15, -0.1) is 11.3 Å². The van der Waals surface area contributed by atoms with Crippen LogP contribution in [0.2, 0.25) is 0 Å². The first-order valence-corrected chi connectivity index (χ1v) is 8.91. The number of hydrogen-bond donors (Lipinski definition) is 0. The number of aromatic nitrogens is 4. The van der Waals surface area contributed by atoms with Crippen molar-refractivity contribution < 1.29 is 0 Å². The van der Waals surface area contributed by atoms with Crippen LogP contribution in [0.5, 0.6) is 0 Å². The molecule has 1 saturated carbocycles. The molecule has 0 radical (unpaired) electrons. The molecule has 6 heteroatoms. The monoisotopic (exact) mass is 323 g/mol. The minimum atomic E-state index is 0.724. The van der Waals surface area contributed by atoms with E-state index in [-0.39, 0.29) is 0 Å². The van der Waals surface area contributed by atoms with Gasteiger partial charge in [-0.05, 0) is 31.4 Å². The molecule has 0 spiro atoms. The van der Waals surface area contributed by atoms with Crippen LogP contribution in [0.3, 0.4) is 0 Å². The SMILES string of the molecule is Cc1cc2nccnc2nc1N1CCc2nc(C3CC3)sc2C1. The van der Waals surface area contributed by atoms with Gasteiger partial charge in [-0.25, -0.2) is 15.0 Å². The summed E-state index contributed by atoms with van der Waals surface area (Å²) in [6.45, 7) is 3.99. The summed E-state index contributed by atoms with van der Waals surface area (Å²) < 4.78 is 0. The summed E-state index contributed by atoms with van der Waals surface area (Å²) in [5, 5.41) is 1.35. The molecule has 1 fully saturated rings. The van der Waals surface area contributed by atoms with Gasteiger partial charge in [0.25, 0.3) is 0 Å². The molecule has 0 amide bonds. The summed E-state index contributed by atoms with van der Waals surface area (Å²) in [6.07, 6.45) is 7.07. The third-order valence-corrected chi connectivity index (χ3v) is 5.84. The lowest BCUT2D eigenvalue weighted by molar-refractivity contribution is 0.715. The zero-order valence-corrected chi connectivity index (χ0v) is 13.8. The summed E-state index contributed by atoms with van der Waals surface area (Å²) in [5.41, 5.74) is 4.06. The van der Waals surface area contributed by atoms with Crippen molar-refractivity contribution in [1.29, 1.82) is 0 Å². The van der Waals surface area contributed by atoms with Crippen molar-refractivity contribution >= 4 is 28.3 Å². The predicted octanol–water partition coefficient (Wildman–Crippen LogP) is 3.23.